The fourth-order valence-electron chi connectivity index (χ4n) is 3.33. The Morgan fingerprint density at radius 3 is 2.86 bits per heavy atom. The van der Waals surface area contributed by atoms with Crippen molar-refractivity contribution in [1.29, 1.82) is 0 Å². The molecule has 1 aliphatic rings. The molecule has 0 atom stereocenters. The minimum absolute atomic E-state index is 0.135. The number of amides is 1. The highest BCUT2D eigenvalue weighted by atomic mass is 32.1. The second-order valence-corrected chi connectivity index (χ2v) is 7.88. The van der Waals surface area contributed by atoms with Gasteiger partial charge in [0.15, 0.2) is 0 Å². The highest BCUT2D eigenvalue weighted by molar-refractivity contribution is 7.09. The van der Waals surface area contributed by atoms with E-state index in [9.17, 15) is 9.18 Å². The number of carbonyl (C=O) groups excluding carboxylic acids is 1. The van der Waals surface area contributed by atoms with Crippen molar-refractivity contribution >= 4 is 22.9 Å². The zero-order chi connectivity index (χ0) is 19.5. The summed E-state index contributed by atoms with van der Waals surface area (Å²) in [5.74, 6) is -0.775. The van der Waals surface area contributed by atoms with Gasteiger partial charge < -0.3 is 5.32 Å². The van der Waals surface area contributed by atoms with Gasteiger partial charge in [-0.3, -0.25) is 9.69 Å². The van der Waals surface area contributed by atoms with Crippen molar-refractivity contribution in [2.45, 2.75) is 26.3 Å². The van der Waals surface area contributed by atoms with Gasteiger partial charge in [0.05, 0.1) is 22.1 Å². The monoisotopic (exact) mass is 401 g/mol. The molecular weight excluding hydrogens is 381 g/mol. The SMILES string of the molecule is Cc1nc(CN2CCC(C(=O)Nc3cc(-n4cnnn4)ccc3F)CC2)cs1. The molecule has 0 aliphatic carbocycles. The van der Waals surface area contributed by atoms with Crippen molar-refractivity contribution in [2.24, 2.45) is 5.92 Å². The number of likely N-dealkylation sites (tertiary alicyclic amines) is 1. The Kier molecular flexibility index (Phi) is 5.40. The lowest BCUT2D eigenvalue weighted by atomic mass is 9.95. The molecule has 2 aromatic heterocycles. The van der Waals surface area contributed by atoms with Crippen LogP contribution in [0, 0.1) is 18.7 Å². The molecule has 8 nitrogen and oxygen atoms in total. The first-order valence-corrected chi connectivity index (χ1v) is 9.93. The molecule has 28 heavy (non-hydrogen) atoms. The van der Waals surface area contributed by atoms with Crippen molar-refractivity contribution in [2.75, 3.05) is 18.4 Å². The maximum absolute atomic E-state index is 14.2. The number of anilines is 1. The van der Waals surface area contributed by atoms with Crippen LogP contribution >= 0.6 is 11.3 Å². The highest BCUT2D eigenvalue weighted by Crippen LogP contribution is 2.23. The van der Waals surface area contributed by atoms with Crippen molar-refractivity contribution < 1.29 is 9.18 Å². The molecule has 1 N–H and O–H groups in total. The number of piperidine rings is 1. The molecule has 1 aromatic carbocycles. The maximum Gasteiger partial charge on any atom is 0.227 e. The number of rotatable bonds is 5. The van der Waals surface area contributed by atoms with Crippen LogP contribution in [0.25, 0.3) is 5.69 Å². The van der Waals surface area contributed by atoms with Gasteiger partial charge in [-0.1, -0.05) is 0 Å². The van der Waals surface area contributed by atoms with Gasteiger partial charge in [-0.25, -0.2) is 14.1 Å². The number of aryl methyl sites for hydroxylation is 1. The smallest absolute Gasteiger partial charge is 0.227 e. The largest absolute Gasteiger partial charge is 0.323 e. The number of carbonyl (C=O) groups is 1. The third kappa shape index (κ3) is 4.23. The van der Waals surface area contributed by atoms with E-state index in [4.69, 9.17) is 0 Å². The average molecular weight is 401 g/mol. The number of nitrogens with zero attached hydrogens (tertiary/aromatic N) is 6. The molecule has 146 valence electrons. The third-order valence-corrected chi connectivity index (χ3v) is 5.65. The van der Waals surface area contributed by atoms with E-state index in [1.165, 1.54) is 23.1 Å². The van der Waals surface area contributed by atoms with Crippen molar-refractivity contribution in [1.82, 2.24) is 30.1 Å². The van der Waals surface area contributed by atoms with Crippen LogP contribution in [0.4, 0.5) is 10.1 Å². The van der Waals surface area contributed by atoms with Gasteiger partial charge in [0.2, 0.25) is 5.91 Å². The first-order valence-electron chi connectivity index (χ1n) is 9.05. The molecule has 3 heterocycles. The standard InChI is InChI=1S/C18H20FN7OS/c1-12-21-14(10-28-12)9-25-6-4-13(5-7-25)18(27)22-17-8-15(2-3-16(17)19)26-11-20-23-24-26/h2-3,8,10-11,13H,4-7,9H2,1H3,(H,22,27). The predicted molar refractivity (Wildman–Crippen MR) is 103 cm³/mol. The highest BCUT2D eigenvalue weighted by Gasteiger charge is 2.26. The Morgan fingerprint density at radius 1 is 1.36 bits per heavy atom. The Bertz CT molecular complexity index is 951. The Morgan fingerprint density at radius 2 is 2.18 bits per heavy atom. The lowest BCUT2D eigenvalue weighted by Crippen LogP contribution is -2.37. The Balaban J connectivity index is 1.35. The molecule has 1 fully saturated rings. The van der Waals surface area contributed by atoms with E-state index >= 15 is 0 Å². The quantitative estimate of drug-likeness (QED) is 0.706. The summed E-state index contributed by atoms with van der Waals surface area (Å²) in [6.07, 6.45) is 2.89. The molecule has 0 saturated carbocycles. The fraction of sp³-hybridized carbons (Fsp3) is 0.389. The number of hydrogen-bond donors (Lipinski definition) is 1. The zero-order valence-electron chi connectivity index (χ0n) is 15.4. The molecule has 10 heteroatoms. The van der Waals surface area contributed by atoms with Crippen LogP contribution < -0.4 is 5.32 Å². The van der Waals surface area contributed by atoms with Gasteiger partial charge in [-0.05, 0) is 61.5 Å². The topological polar surface area (TPSA) is 88.8 Å². The second-order valence-electron chi connectivity index (χ2n) is 6.82. The summed E-state index contributed by atoms with van der Waals surface area (Å²) in [4.78, 5) is 19.4. The van der Waals surface area contributed by atoms with Crippen LogP contribution in [0.5, 0.6) is 0 Å². The van der Waals surface area contributed by atoms with Crippen LogP contribution in [0.15, 0.2) is 29.9 Å². The lowest BCUT2D eigenvalue weighted by molar-refractivity contribution is -0.121. The average Bonchev–Trinajstić information content (AvgIpc) is 3.36. The number of benzene rings is 1. The van der Waals surface area contributed by atoms with Gasteiger partial charge in [0.1, 0.15) is 12.1 Å². The predicted octanol–water partition coefficient (Wildman–Crippen LogP) is 2.42. The minimum Gasteiger partial charge on any atom is -0.323 e. The first-order chi connectivity index (χ1) is 13.6. The molecule has 1 aliphatic heterocycles. The summed E-state index contributed by atoms with van der Waals surface area (Å²) in [5.41, 5.74) is 1.79. The van der Waals surface area contributed by atoms with Gasteiger partial charge in [-0.2, -0.15) is 0 Å². The van der Waals surface area contributed by atoms with Gasteiger partial charge >= 0.3 is 0 Å². The third-order valence-electron chi connectivity index (χ3n) is 4.83. The van der Waals surface area contributed by atoms with Crippen LogP contribution in [-0.2, 0) is 11.3 Å². The number of halogens is 1. The van der Waals surface area contributed by atoms with E-state index < -0.39 is 5.82 Å². The molecule has 0 spiro atoms. The molecule has 0 bridgehead atoms. The second kappa shape index (κ2) is 8.11. The summed E-state index contributed by atoms with van der Waals surface area (Å²) >= 11 is 1.65. The van der Waals surface area contributed by atoms with Gasteiger partial charge in [-0.15, -0.1) is 16.4 Å². The van der Waals surface area contributed by atoms with E-state index in [1.807, 2.05) is 6.92 Å². The normalized spacial score (nSPS) is 15.6. The van der Waals surface area contributed by atoms with E-state index in [0.29, 0.717) is 5.69 Å². The molecule has 3 aromatic rings. The van der Waals surface area contributed by atoms with Crippen LogP contribution in [0.2, 0.25) is 0 Å². The molecule has 1 amide bonds. The molecule has 4 rings (SSSR count). The zero-order valence-corrected chi connectivity index (χ0v) is 16.2. The number of tetrazole rings is 1. The minimum atomic E-state index is -0.485. The first kappa shape index (κ1) is 18.6. The van der Waals surface area contributed by atoms with Crippen LogP contribution in [0.3, 0.4) is 0 Å². The van der Waals surface area contributed by atoms with E-state index in [0.717, 1.165) is 43.2 Å². The summed E-state index contributed by atoms with van der Waals surface area (Å²) < 4.78 is 15.6. The van der Waals surface area contributed by atoms with Gasteiger partial charge in [0, 0.05) is 17.8 Å². The van der Waals surface area contributed by atoms with Crippen LogP contribution in [0.1, 0.15) is 23.5 Å². The van der Waals surface area contributed by atoms with E-state index in [2.05, 4.69) is 36.1 Å². The van der Waals surface area contributed by atoms with E-state index in [1.54, 1.807) is 17.4 Å². The fourth-order valence-corrected chi connectivity index (χ4v) is 3.93. The van der Waals surface area contributed by atoms with Gasteiger partial charge in [0.25, 0.3) is 0 Å². The number of hydrogen-bond acceptors (Lipinski definition) is 7. The lowest BCUT2D eigenvalue weighted by Gasteiger charge is -2.30. The molecular formula is C18H20FN7OS. The van der Waals surface area contributed by atoms with Crippen molar-refractivity contribution in [3.8, 4) is 5.69 Å². The maximum atomic E-state index is 14.2. The molecule has 1 saturated heterocycles. The number of thiazole rings is 1. The Labute approximate surface area is 165 Å². The molecule has 0 radical (unpaired) electrons. The summed E-state index contributed by atoms with van der Waals surface area (Å²) in [5, 5.41) is 16.8. The van der Waals surface area contributed by atoms with E-state index in [-0.39, 0.29) is 17.5 Å². The Hall–Kier alpha value is -2.72. The van der Waals surface area contributed by atoms with Crippen LogP contribution in [-0.4, -0.2) is 49.1 Å². The van der Waals surface area contributed by atoms with Crippen molar-refractivity contribution in [3.05, 3.63) is 46.4 Å². The summed E-state index contributed by atoms with van der Waals surface area (Å²) in [6.45, 7) is 4.45. The summed E-state index contributed by atoms with van der Waals surface area (Å²) in [6, 6.07) is 4.38. The number of nitrogens with one attached hydrogen (secondary N) is 1. The van der Waals surface area contributed by atoms with Crippen molar-refractivity contribution in [3.63, 3.8) is 0 Å². The molecule has 0 unspecified atom stereocenters. The number of aromatic nitrogens is 5. The summed E-state index contributed by atoms with van der Waals surface area (Å²) in [7, 11) is 0.